The van der Waals surface area contributed by atoms with E-state index in [9.17, 15) is 13.6 Å². The number of halogens is 3. The minimum Gasteiger partial charge on any atom is -0.298 e. The summed E-state index contributed by atoms with van der Waals surface area (Å²) in [5.41, 5.74) is 0.373. The van der Waals surface area contributed by atoms with Crippen molar-refractivity contribution in [3.8, 4) is 0 Å². The van der Waals surface area contributed by atoms with Crippen LogP contribution in [0.4, 0.5) is 8.78 Å². The summed E-state index contributed by atoms with van der Waals surface area (Å²) < 4.78 is 27.2. The predicted molar refractivity (Wildman–Crippen MR) is 79.9 cm³/mol. The van der Waals surface area contributed by atoms with Gasteiger partial charge in [-0.15, -0.1) is 11.8 Å². The molecule has 0 bridgehead atoms. The molecular weight excluding hydrogens is 346 g/mol. The quantitative estimate of drug-likeness (QED) is 0.726. The van der Waals surface area contributed by atoms with Gasteiger partial charge in [0, 0.05) is 15.8 Å². The van der Waals surface area contributed by atoms with E-state index in [0.29, 0.717) is 14.9 Å². The van der Waals surface area contributed by atoms with E-state index in [4.69, 9.17) is 0 Å². The van der Waals surface area contributed by atoms with Gasteiger partial charge in [0.25, 0.3) is 0 Å². The second-order valence-corrected chi connectivity index (χ2v) is 6.16. The Morgan fingerprint density at radius 3 is 2.65 bits per heavy atom. The lowest BCUT2D eigenvalue weighted by molar-refractivity contribution is -0.116. The standard InChI is InChI=1S/C15H11BrF2OS/c16-11-5-4-10(15(18)7-11)6-13(19)9-20-14-3-1-2-12(17)8-14/h1-5,7-8H,6,9H2. The van der Waals surface area contributed by atoms with Crippen molar-refractivity contribution in [2.45, 2.75) is 11.3 Å². The van der Waals surface area contributed by atoms with Crippen molar-refractivity contribution < 1.29 is 13.6 Å². The van der Waals surface area contributed by atoms with E-state index in [1.807, 2.05) is 0 Å². The minimum atomic E-state index is -0.400. The van der Waals surface area contributed by atoms with Crippen LogP contribution in [0.3, 0.4) is 0 Å². The molecule has 20 heavy (non-hydrogen) atoms. The number of hydrogen-bond donors (Lipinski definition) is 0. The van der Waals surface area contributed by atoms with Crippen molar-refractivity contribution in [1.82, 2.24) is 0 Å². The van der Waals surface area contributed by atoms with Crippen LogP contribution >= 0.6 is 27.7 Å². The normalized spacial score (nSPS) is 10.6. The summed E-state index contributed by atoms with van der Waals surface area (Å²) in [6.45, 7) is 0. The van der Waals surface area contributed by atoms with Crippen LogP contribution in [-0.4, -0.2) is 11.5 Å². The lowest BCUT2D eigenvalue weighted by Gasteiger charge is -2.04. The van der Waals surface area contributed by atoms with Gasteiger partial charge in [-0.3, -0.25) is 4.79 Å². The number of Topliss-reactive ketones (excluding diaryl/α,β-unsaturated/α-hetero) is 1. The highest BCUT2D eigenvalue weighted by Gasteiger charge is 2.09. The van der Waals surface area contributed by atoms with Crippen LogP contribution in [-0.2, 0) is 11.2 Å². The molecule has 0 atom stereocenters. The van der Waals surface area contributed by atoms with E-state index in [1.54, 1.807) is 24.3 Å². The van der Waals surface area contributed by atoms with Gasteiger partial charge in [-0.2, -0.15) is 0 Å². The van der Waals surface area contributed by atoms with E-state index < -0.39 is 5.82 Å². The molecule has 104 valence electrons. The minimum absolute atomic E-state index is 0.0431. The molecule has 0 spiro atoms. The number of rotatable bonds is 5. The molecule has 0 aliphatic heterocycles. The number of benzene rings is 2. The number of ketones is 1. The molecule has 1 nitrogen and oxygen atoms in total. The average molecular weight is 357 g/mol. The summed E-state index contributed by atoms with van der Waals surface area (Å²) in [4.78, 5) is 12.5. The molecule has 0 aliphatic rings. The molecule has 0 N–H and O–H groups in total. The molecule has 0 saturated carbocycles. The molecule has 2 aromatic carbocycles. The van der Waals surface area contributed by atoms with Gasteiger partial charge in [0.1, 0.15) is 17.4 Å². The van der Waals surface area contributed by atoms with Gasteiger partial charge in [0.2, 0.25) is 0 Å². The van der Waals surface area contributed by atoms with Crippen LogP contribution in [0.15, 0.2) is 51.8 Å². The van der Waals surface area contributed by atoms with Gasteiger partial charge in [-0.05, 0) is 35.9 Å². The fourth-order valence-corrected chi connectivity index (χ4v) is 2.78. The summed E-state index contributed by atoms with van der Waals surface area (Å²) in [6, 6.07) is 10.7. The molecular formula is C15H11BrF2OS. The first kappa shape index (κ1) is 15.2. The Bertz CT molecular complexity index is 631. The van der Waals surface area contributed by atoms with Gasteiger partial charge in [0.05, 0.1) is 5.75 Å². The first-order chi connectivity index (χ1) is 9.54. The average Bonchev–Trinajstić information content (AvgIpc) is 2.40. The zero-order valence-electron chi connectivity index (χ0n) is 10.4. The molecule has 0 heterocycles. The Morgan fingerprint density at radius 2 is 1.95 bits per heavy atom. The summed E-state index contributed by atoms with van der Waals surface area (Å²) in [7, 11) is 0. The Labute approximate surface area is 128 Å². The van der Waals surface area contributed by atoms with Crippen molar-refractivity contribution in [2.75, 3.05) is 5.75 Å². The largest absolute Gasteiger partial charge is 0.298 e. The van der Waals surface area contributed by atoms with E-state index in [0.717, 1.165) is 0 Å². The number of hydrogen-bond acceptors (Lipinski definition) is 2. The Morgan fingerprint density at radius 1 is 1.15 bits per heavy atom. The fourth-order valence-electron chi connectivity index (χ4n) is 1.65. The highest BCUT2D eigenvalue weighted by atomic mass is 79.9. The third-order valence-electron chi connectivity index (χ3n) is 2.60. The monoisotopic (exact) mass is 356 g/mol. The molecule has 2 aromatic rings. The lowest BCUT2D eigenvalue weighted by atomic mass is 10.1. The maximum absolute atomic E-state index is 13.6. The second kappa shape index (κ2) is 6.99. The van der Waals surface area contributed by atoms with Crippen LogP contribution in [0.25, 0.3) is 0 Å². The van der Waals surface area contributed by atoms with E-state index >= 15 is 0 Å². The van der Waals surface area contributed by atoms with Gasteiger partial charge in [0.15, 0.2) is 0 Å². The molecule has 0 amide bonds. The maximum Gasteiger partial charge on any atom is 0.147 e. The molecule has 5 heteroatoms. The Hall–Kier alpha value is -1.20. The third kappa shape index (κ3) is 4.42. The predicted octanol–water partition coefficient (Wildman–Crippen LogP) is 4.63. The summed E-state index contributed by atoms with van der Waals surface area (Å²) in [6.07, 6.45) is 0.0431. The van der Waals surface area contributed by atoms with Gasteiger partial charge < -0.3 is 0 Å². The zero-order chi connectivity index (χ0) is 14.5. The topological polar surface area (TPSA) is 17.1 Å². The van der Waals surface area contributed by atoms with Crippen molar-refractivity contribution >= 4 is 33.5 Å². The molecule has 0 aromatic heterocycles. The highest BCUT2D eigenvalue weighted by molar-refractivity contribution is 9.10. The first-order valence-corrected chi connectivity index (χ1v) is 7.66. The van der Waals surface area contributed by atoms with Gasteiger partial charge in [-0.25, -0.2) is 8.78 Å². The number of carbonyl (C=O) groups excluding carboxylic acids is 1. The van der Waals surface area contributed by atoms with Gasteiger partial charge in [-0.1, -0.05) is 28.1 Å². The molecule has 0 unspecified atom stereocenters. The summed E-state index contributed by atoms with van der Waals surface area (Å²) >= 11 is 4.42. The zero-order valence-corrected chi connectivity index (χ0v) is 12.8. The second-order valence-electron chi connectivity index (χ2n) is 4.20. The molecule has 0 saturated heterocycles. The van der Waals surface area contributed by atoms with E-state index in [-0.39, 0.29) is 23.8 Å². The number of thioether (sulfide) groups is 1. The van der Waals surface area contributed by atoms with Crippen LogP contribution in [0.5, 0.6) is 0 Å². The van der Waals surface area contributed by atoms with Crippen LogP contribution in [0, 0.1) is 11.6 Å². The summed E-state index contributed by atoms with van der Waals surface area (Å²) in [5, 5.41) is 0. The molecule has 2 rings (SSSR count). The highest BCUT2D eigenvalue weighted by Crippen LogP contribution is 2.20. The number of carbonyl (C=O) groups is 1. The molecule has 0 aliphatic carbocycles. The van der Waals surface area contributed by atoms with Gasteiger partial charge >= 0.3 is 0 Å². The van der Waals surface area contributed by atoms with Crippen molar-refractivity contribution in [3.63, 3.8) is 0 Å². The molecule has 0 radical (unpaired) electrons. The van der Waals surface area contributed by atoms with Crippen molar-refractivity contribution in [3.05, 3.63) is 64.1 Å². The smallest absolute Gasteiger partial charge is 0.147 e. The third-order valence-corrected chi connectivity index (χ3v) is 4.15. The van der Waals surface area contributed by atoms with E-state index in [2.05, 4.69) is 15.9 Å². The van der Waals surface area contributed by atoms with Crippen LogP contribution in [0.1, 0.15) is 5.56 Å². The lowest BCUT2D eigenvalue weighted by Crippen LogP contribution is -2.07. The Balaban J connectivity index is 1.92. The Kier molecular flexibility index (Phi) is 5.31. The SMILES string of the molecule is O=C(CSc1cccc(F)c1)Cc1ccc(Br)cc1F. The molecule has 0 fully saturated rings. The van der Waals surface area contributed by atoms with E-state index in [1.165, 1.54) is 30.0 Å². The van der Waals surface area contributed by atoms with Crippen LogP contribution < -0.4 is 0 Å². The fraction of sp³-hybridized carbons (Fsp3) is 0.133. The maximum atomic E-state index is 13.6. The summed E-state index contributed by atoms with van der Waals surface area (Å²) in [5.74, 6) is -0.635. The first-order valence-electron chi connectivity index (χ1n) is 5.88. The van der Waals surface area contributed by atoms with Crippen molar-refractivity contribution in [2.24, 2.45) is 0 Å². The van der Waals surface area contributed by atoms with Crippen LogP contribution in [0.2, 0.25) is 0 Å². The van der Waals surface area contributed by atoms with Crippen molar-refractivity contribution in [1.29, 1.82) is 0 Å².